The lowest BCUT2D eigenvalue weighted by Gasteiger charge is -2.28. The molecule has 1 amide bonds. The van der Waals surface area contributed by atoms with Gasteiger partial charge in [-0.3, -0.25) is 4.79 Å². The molecule has 0 aromatic heterocycles. The molecule has 1 heterocycles. The third-order valence-corrected chi connectivity index (χ3v) is 4.63. The molecule has 0 aliphatic carbocycles. The predicted octanol–water partition coefficient (Wildman–Crippen LogP) is 4.08. The number of hydrogen-bond acceptors (Lipinski definition) is 4. The molecular weight excluding hydrogens is 396 g/mol. The summed E-state index contributed by atoms with van der Waals surface area (Å²) >= 11 is 3.41. The van der Waals surface area contributed by atoms with Gasteiger partial charge in [0.05, 0.1) is 19.8 Å². The van der Waals surface area contributed by atoms with Crippen LogP contribution < -0.4 is 15.0 Å². The Labute approximate surface area is 162 Å². The fraction of sp³-hybridized carbons (Fsp3) is 0.350. The topological polar surface area (TPSA) is 50.8 Å². The Bertz CT molecular complexity index is 715. The third kappa shape index (κ3) is 5.75. The van der Waals surface area contributed by atoms with Crippen molar-refractivity contribution in [2.24, 2.45) is 0 Å². The second-order valence-electron chi connectivity index (χ2n) is 6.10. The number of benzene rings is 2. The van der Waals surface area contributed by atoms with E-state index < -0.39 is 0 Å². The Balaban J connectivity index is 1.39. The van der Waals surface area contributed by atoms with E-state index in [9.17, 15) is 4.79 Å². The highest BCUT2D eigenvalue weighted by Crippen LogP contribution is 2.20. The molecule has 1 aliphatic heterocycles. The van der Waals surface area contributed by atoms with E-state index in [4.69, 9.17) is 9.47 Å². The lowest BCUT2D eigenvalue weighted by atomic mass is 10.2. The number of hydrogen-bond donors (Lipinski definition) is 1. The first-order valence-corrected chi connectivity index (χ1v) is 9.61. The van der Waals surface area contributed by atoms with Gasteiger partial charge in [-0.2, -0.15) is 0 Å². The molecule has 2 aromatic rings. The minimum atomic E-state index is 0.00182. The molecular formula is C20H23BrN2O3. The van der Waals surface area contributed by atoms with Gasteiger partial charge in [0.25, 0.3) is 0 Å². The molecule has 0 spiro atoms. The van der Waals surface area contributed by atoms with Crippen molar-refractivity contribution in [2.75, 3.05) is 43.1 Å². The van der Waals surface area contributed by atoms with E-state index in [1.807, 2.05) is 48.5 Å². The summed E-state index contributed by atoms with van der Waals surface area (Å²) in [5.74, 6) is 0.806. The van der Waals surface area contributed by atoms with E-state index in [1.54, 1.807) is 0 Å². The Morgan fingerprint density at radius 1 is 1.15 bits per heavy atom. The molecule has 1 aliphatic rings. The van der Waals surface area contributed by atoms with Crippen molar-refractivity contribution in [2.45, 2.75) is 12.8 Å². The third-order valence-electron chi connectivity index (χ3n) is 4.14. The zero-order valence-electron chi connectivity index (χ0n) is 14.6. The molecule has 0 saturated carbocycles. The van der Waals surface area contributed by atoms with Crippen molar-refractivity contribution < 1.29 is 14.3 Å². The van der Waals surface area contributed by atoms with E-state index in [0.717, 1.165) is 47.9 Å². The predicted molar refractivity (Wildman–Crippen MR) is 107 cm³/mol. The first-order chi connectivity index (χ1) is 12.7. The fourth-order valence-electron chi connectivity index (χ4n) is 2.78. The van der Waals surface area contributed by atoms with Crippen LogP contribution in [0.4, 0.5) is 11.4 Å². The summed E-state index contributed by atoms with van der Waals surface area (Å²) in [4.78, 5) is 14.3. The van der Waals surface area contributed by atoms with Crippen molar-refractivity contribution in [3.05, 3.63) is 53.0 Å². The van der Waals surface area contributed by atoms with Crippen molar-refractivity contribution >= 4 is 33.2 Å². The molecule has 0 unspecified atom stereocenters. The van der Waals surface area contributed by atoms with Gasteiger partial charge in [0, 0.05) is 35.4 Å². The Morgan fingerprint density at radius 3 is 2.65 bits per heavy atom. The molecule has 1 N–H and O–H groups in total. The average Bonchev–Trinajstić information content (AvgIpc) is 2.67. The zero-order chi connectivity index (χ0) is 18.2. The maximum Gasteiger partial charge on any atom is 0.224 e. The number of nitrogens with one attached hydrogen (secondary N) is 1. The summed E-state index contributed by atoms with van der Waals surface area (Å²) in [7, 11) is 0. The maximum absolute atomic E-state index is 12.1. The summed E-state index contributed by atoms with van der Waals surface area (Å²) in [5, 5.41) is 2.93. The number of rotatable bonds is 7. The van der Waals surface area contributed by atoms with Crippen LogP contribution in [0, 0.1) is 0 Å². The average molecular weight is 419 g/mol. The van der Waals surface area contributed by atoms with E-state index in [0.29, 0.717) is 19.4 Å². The number of ether oxygens (including phenoxy) is 2. The zero-order valence-corrected chi connectivity index (χ0v) is 16.2. The smallest absolute Gasteiger partial charge is 0.224 e. The van der Waals surface area contributed by atoms with Crippen molar-refractivity contribution in [1.82, 2.24) is 0 Å². The molecule has 0 atom stereocenters. The highest BCUT2D eigenvalue weighted by Gasteiger charge is 2.11. The molecule has 26 heavy (non-hydrogen) atoms. The van der Waals surface area contributed by atoms with Crippen LogP contribution in [-0.4, -0.2) is 38.8 Å². The number of anilines is 2. The largest absolute Gasteiger partial charge is 0.494 e. The van der Waals surface area contributed by atoms with Gasteiger partial charge in [-0.25, -0.2) is 0 Å². The minimum absolute atomic E-state index is 0.00182. The van der Waals surface area contributed by atoms with Crippen LogP contribution in [0.1, 0.15) is 12.8 Å². The number of carbonyl (C=O) groups excluding carboxylic acids is 1. The van der Waals surface area contributed by atoms with E-state index in [-0.39, 0.29) is 5.91 Å². The molecule has 1 saturated heterocycles. The summed E-state index contributed by atoms with van der Waals surface area (Å²) < 4.78 is 12.0. The number of carbonyl (C=O) groups is 1. The van der Waals surface area contributed by atoms with Crippen LogP contribution in [-0.2, 0) is 9.53 Å². The van der Waals surface area contributed by atoms with Crippen LogP contribution in [0.2, 0.25) is 0 Å². The molecule has 2 aromatic carbocycles. The lowest BCUT2D eigenvalue weighted by molar-refractivity contribution is -0.116. The normalized spacial score (nSPS) is 14.1. The Hall–Kier alpha value is -2.05. The van der Waals surface area contributed by atoms with Crippen molar-refractivity contribution in [1.29, 1.82) is 0 Å². The van der Waals surface area contributed by atoms with Crippen molar-refractivity contribution in [3.8, 4) is 5.75 Å². The second-order valence-corrected chi connectivity index (χ2v) is 7.02. The Kier molecular flexibility index (Phi) is 6.91. The van der Waals surface area contributed by atoms with Gasteiger partial charge < -0.3 is 19.7 Å². The van der Waals surface area contributed by atoms with Gasteiger partial charge in [-0.15, -0.1) is 0 Å². The SMILES string of the molecule is O=C(CCCOc1cccc(Br)c1)Nc1ccc(N2CCOCC2)cc1. The first kappa shape index (κ1) is 18.7. The summed E-state index contributed by atoms with van der Waals surface area (Å²) in [5.41, 5.74) is 1.98. The molecule has 0 radical (unpaired) electrons. The molecule has 5 nitrogen and oxygen atoms in total. The molecule has 138 valence electrons. The van der Waals surface area contributed by atoms with E-state index in [1.165, 1.54) is 0 Å². The summed E-state index contributed by atoms with van der Waals surface area (Å²) in [6.45, 7) is 3.86. The highest BCUT2D eigenvalue weighted by atomic mass is 79.9. The molecule has 6 heteroatoms. The first-order valence-electron chi connectivity index (χ1n) is 8.82. The maximum atomic E-state index is 12.1. The second kappa shape index (κ2) is 9.59. The van der Waals surface area contributed by atoms with Crippen LogP contribution in [0.5, 0.6) is 5.75 Å². The van der Waals surface area contributed by atoms with E-state index >= 15 is 0 Å². The number of morpholine rings is 1. The lowest BCUT2D eigenvalue weighted by Crippen LogP contribution is -2.36. The summed E-state index contributed by atoms with van der Waals surface area (Å²) in [6.07, 6.45) is 1.10. The van der Waals surface area contributed by atoms with Gasteiger partial charge in [0.15, 0.2) is 0 Å². The van der Waals surface area contributed by atoms with Gasteiger partial charge in [-0.05, 0) is 48.9 Å². The monoisotopic (exact) mass is 418 g/mol. The van der Waals surface area contributed by atoms with Crippen molar-refractivity contribution in [3.63, 3.8) is 0 Å². The number of nitrogens with zero attached hydrogens (tertiary/aromatic N) is 1. The summed E-state index contributed by atoms with van der Waals surface area (Å²) in [6, 6.07) is 15.7. The van der Waals surface area contributed by atoms with Crippen LogP contribution >= 0.6 is 15.9 Å². The molecule has 3 rings (SSSR count). The quantitative estimate of drug-likeness (QED) is 0.688. The van der Waals surface area contributed by atoms with Gasteiger partial charge >= 0.3 is 0 Å². The number of halogens is 1. The molecule has 0 bridgehead atoms. The molecule has 1 fully saturated rings. The highest BCUT2D eigenvalue weighted by molar-refractivity contribution is 9.10. The fourth-order valence-corrected chi connectivity index (χ4v) is 3.16. The van der Waals surface area contributed by atoms with Gasteiger partial charge in [0.1, 0.15) is 5.75 Å². The van der Waals surface area contributed by atoms with Crippen LogP contribution in [0.15, 0.2) is 53.0 Å². The van der Waals surface area contributed by atoms with Gasteiger partial charge in [-0.1, -0.05) is 22.0 Å². The van der Waals surface area contributed by atoms with Crippen LogP contribution in [0.3, 0.4) is 0 Å². The number of amides is 1. The minimum Gasteiger partial charge on any atom is -0.494 e. The van der Waals surface area contributed by atoms with Gasteiger partial charge in [0.2, 0.25) is 5.91 Å². The van der Waals surface area contributed by atoms with Crippen LogP contribution in [0.25, 0.3) is 0 Å². The standard InChI is InChI=1S/C20H23BrN2O3/c21-16-3-1-4-19(15-16)26-12-2-5-20(24)22-17-6-8-18(9-7-17)23-10-13-25-14-11-23/h1,3-4,6-9,15H,2,5,10-14H2,(H,22,24). The Morgan fingerprint density at radius 2 is 1.92 bits per heavy atom. The van der Waals surface area contributed by atoms with E-state index in [2.05, 4.69) is 26.1 Å².